The molecule has 0 aromatic rings. The molecule has 7 atom stereocenters. The molecule has 1 rings (SSSR count). The molecule has 1 aliphatic heterocycles. The fourth-order valence-electron chi connectivity index (χ4n) is 8.58. The Hall–Kier alpha value is -0.810. The van der Waals surface area contributed by atoms with Gasteiger partial charge in [-0.05, 0) is 12.8 Å². The minimum atomic E-state index is -1.55. The van der Waals surface area contributed by atoms with Crippen molar-refractivity contribution < 1.29 is 39.8 Å². The third kappa shape index (κ3) is 31.6. The van der Waals surface area contributed by atoms with Crippen LogP contribution in [0.3, 0.4) is 0 Å². The highest BCUT2D eigenvalue weighted by molar-refractivity contribution is 5.76. The van der Waals surface area contributed by atoms with Gasteiger partial charge in [-0.15, -0.1) is 0 Å². The van der Waals surface area contributed by atoms with Gasteiger partial charge in [0.1, 0.15) is 24.4 Å². The first-order valence-electron chi connectivity index (χ1n) is 25.7. The van der Waals surface area contributed by atoms with E-state index in [1.165, 1.54) is 193 Å². The van der Waals surface area contributed by atoms with Gasteiger partial charge in [0.15, 0.2) is 6.29 Å². The van der Waals surface area contributed by atoms with Gasteiger partial charge in [-0.1, -0.05) is 239 Å². The number of aliphatic hydroxyl groups excluding tert-OH is 5. The first-order valence-corrected chi connectivity index (χ1v) is 25.7. The molecule has 59 heavy (non-hydrogen) atoms. The predicted octanol–water partition coefficient (Wildman–Crippen LogP) is 11.5. The summed E-state index contributed by atoms with van der Waals surface area (Å²) in [6.07, 6.45) is 39.7. The number of carbonyl (C=O) groups excluding carboxylic acids is 1. The minimum absolute atomic E-state index is 0.131. The average Bonchev–Trinajstić information content (AvgIpc) is 3.23. The summed E-state index contributed by atoms with van der Waals surface area (Å²) in [6, 6.07) is -0.712. The van der Waals surface area contributed by atoms with Crippen LogP contribution in [0.4, 0.5) is 0 Å². The number of rotatable bonds is 44. The monoisotopic (exact) mass is 842 g/mol. The van der Waals surface area contributed by atoms with E-state index < -0.39 is 49.5 Å². The molecule has 1 heterocycles. The third-order valence-corrected chi connectivity index (χ3v) is 12.7. The molecule has 1 fully saturated rings. The number of unbranched alkanes of at least 4 members (excludes halogenated alkanes) is 34. The molecule has 0 aliphatic carbocycles. The van der Waals surface area contributed by atoms with Crippen molar-refractivity contribution >= 4 is 5.91 Å². The van der Waals surface area contributed by atoms with Gasteiger partial charge >= 0.3 is 0 Å². The summed E-state index contributed by atoms with van der Waals surface area (Å²) in [5.41, 5.74) is 0. The summed E-state index contributed by atoms with van der Waals surface area (Å²) in [5, 5.41) is 54.5. The highest BCUT2D eigenvalue weighted by Gasteiger charge is 2.44. The molecule has 1 saturated heterocycles. The summed E-state index contributed by atoms with van der Waals surface area (Å²) in [4.78, 5) is 13.0. The van der Waals surface area contributed by atoms with Crippen LogP contribution in [0.5, 0.6) is 0 Å². The van der Waals surface area contributed by atoms with Crippen molar-refractivity contribution in [2.45, 2.75) is 301 Å². The van der Waals surface area contributed by atoms with Gasteiger partial charge in [0, 0.05) is 6.42 Å². The lowest BCUT2D eigenvalue weighted by Gasteiger charge is -2.40. The van der Waals surface area contributed by atoms with E-state index >= 15 is 0 Å². The zero-order valence-electron chi connectivity index (χ0n) is 38.8. The maximum Gasteiger partial charge on any atom is 0.220 e. The quantitative estimate of drug-likeness (QED) is 0.0332. The average molecular weight is 842 g/mol. The van der Waals surface area contributed by atoms with Crippen molar-refractivity contribution in [3.63, 3.8) is 0 Å². The van der Waals surface area contributed by atoms with Crippen LogP contribution in [0.2, 0.25) is 0 Å². The van der Waals surface area contributed by atoms with Crippen molar-refractivity contribution in [2.24, 2.45) is 0 Å². The molecular formula is C50H99NO8. The van der Waals surface area contributed by atoms with E-state index in [-0.39, 0.29) is 12.5 Å². The summed E-state index contributed by atoms with van der Waals surface area (Å²) < 4.78 is 11.3. The Balaban J connectivity index is 2.25. The Morgan fingerprint density at radius 1 is 0.508 bits per heavy atom. The van der Waals surface area contributed by atoms with E-state index in [4.69, 9.17) is 9.47 Å². The van der Waals surface area contributed by atoms with Gasteiger partial charge in [-0.3, -0.25) is 4.79 Å². The van der Waals surface area contributed by atoms with Crippen LogP contribution in [0, 0.1) is 0 Å². The van der Waals surface area contributed by atoms with Crippen molar-refractivity contribution in [1.82, 2.24) is 5.32 Å². The van der Waals surface area contributed by atoms with E-state index in [2.05, 4.69) is 19.2 Å². The van der Waals surface area contributed by atoms with Gasteiger partial charge in [0.25, 0.3) is 0 Å². The van der Waals surface area contributed by atoms with Crippen LogP contribution in [0.15, 0.2) is 0 Å². The van der Waals surface area contributed by atoms with Crippen LogP contribution in [0.1, 0.15) is 258 Å². The fourth-order valence-corrected chi connectivity index (χ4v) is 8.58. The van der Waals surface area contributed by atoms with E-state index in [0.29, 0.717) is 12.8 Å². The van der Waals surface area contributed by atoms with Crippen molar-refractivity contribution in [3.8, 4) is 0 Å². The Labute approximate surface area is 364 Å². The van der Waals surface area contributed by atoms with E-state index in [1.807, 2.05) is 0 Å². The second kappa shape index (κ2) is 41.2. The summed E-state index contributed by atoms with van der Waals surface area (Å²) in [6.45, 7) is 3.87. The molecule has 6 N–H and O–H groups in total. The number of ether oxygens (including phenoxy) is 2. The predicted molar refractivity (Wildman–Crippen MR) is 244 cm³/mol. The topological polar surface area (TPSA) is 149 Å². The Morgan fingerprint density at radius 3 is 1.20 bits per heavy atom. The first-order chi connectivity index (χ1) is 28.8. The second-order valence-electron chi connectivity index (χ2n) is 18.3. The summed E-state index contributed by atoms with van der Waals surface area (Å²) in [7, 11) is 0. The number of amides is 1. The van der Waals surface area contributed by atoms with E-state index in [9.17, 15) is 30.3 Å². The van der Waals surface area contributed by atoms with Crippen LogP contribution < -0.4 is 5.32 Å². The lowest BCUT2D eigenvalue weighted by atomic mass is 9.99. The number of hydrogen-bond acceptors (Lipinski definition) is 8. The highest BCUT2D eigenvalue weighted by atomic mass is 16.7. The molecule has 0 aromatic carbocycles. The van der Waals surface area contributed by atoms with Crippen LogP contribution in [-0.2, 0) is 14.3 Å². The fraction of sp³-hybridized carbons (Fsp3) is 0.980. The molecule has 0 aromatic heterocycles. The molecular weight excluding hydrogens is 743 g/mol. The van der Waals surface area contributed by atoms with Crippen molar-refractivity contribution in [3.05, 3.63) is 0 Å². The van der Waals surface area contributed by atoms with Crippen LogP contribution >= 0.6 is 0 Å². The van der Waals surface area contributed by atoms with Crippen LogP contribution in [-0.4, -0.2) is 87.5 Å². The standard InChI is InChI=1S/C50H99NO8/c1-3-5-7-9-11-13-15-17-19-21-22-24-26-28-30-32-34-36-38-40-46(54)51-43(42-58-50-49(57)48(56)47(55)45(41-52)59-50)44(53)39-37-35-33-31-29-27-25-23-20-18-16-14-12-10-8-6-4-2/h43-45,47-50,52-53,55-57H,3-42H2,1-2H3,(H,51,54)/t43-,44+,45+,47-,48?,49?,50+/m0/s1. The lowest BCUT2D eigenvalue weighted by molar-refractivity contribution is -0.302. The van der Waals surface area contributed by atoms with Crippen LogP contribution in [0.25, 0.3) is 0 Å². The van der Waals surface area contributed by atoms with E-state index in [0.717, 1.165) is 38.5 Å². The maximum atomic E-state index is 13.0. The molecule has 0 saturated carbocycles. The molecule has 0 bridgehead atoms. The second-order valence-corrected chi connectivity index (χ2v) is 18.3. The van der Waals surface area contributed by atoms with Gasteiger partial charge < -0.3 is 40.3 Å². The molecule has 352 valence electrons. The molecule has 1 aliphatic rings. The molecule has 1 amide bonds. The largest absolute Gasteiger partial charge is 0.394 e. The summed E-state index contributed by atoms with van der Waals surface area (Å²) in [5.74, 6) is -0.138. The molecule has 0 radical (unpaired) electrons. The third-order valence-electron chi connectivity index (χ3n) is 12.7. The zero-order valence-corrected chi connectivity index (χ0v) is 38.8. The van der Waals surface area contributed by atoms with Crippen molar-refractivity contribution in [1.29, 1.82) is 0 Å². The molecule has 0 spiro atoms. The molecule has 9 heteroatoms. The van der Waals surface area contributed by atoms with E-state index in [1.54, 1.807) is 0 Å². The van der Waals surface area contributed by atoms with Crippen molar-refractivity contribution in [2.75, 3.05) is 13.2 Å². The molecule has 2 unspecified atom stereocenters. The number of hydrogen-bond donors (Lipinski definition) is 6. The number of aliphatic hydroxyl groups is 5. The maximum absolute atomic E-state index is 13.0. The highest BCUT2D eigenvalue weighted by Crippen LogP contribution is 2.23. The summed E-state index contributed by atoms with van der Waals surface area (Å²) >= 11 is 0. The zero-order chi connectivity index (χ0) is 43.0. The van der Waals surface area contributed by atoms with Gasteiger partial charge in [-0.2, -0.15) is 0 Å². The van der Waals surface area contributed by atoms with Gasteiger partial charge in [0.05, 0.1) is 25.4 Å². The minimum Gasteiger partial charge on any atom is -0.394 e. The first kappa shape index (κ1) is 56.2. The smallest absolute Gasteiger partial charge is 0.220 e. The SMILES string of the molecule is CCCCCCCCCCCCCCCCCCCCCC(=O)N[C@@H](CO[C@@H]1O[C@H](CO)[C@H](O)C(O)C1O)[C@H](O)CCCCCCCCCCCCCCCCCCC. The van der Waals surface area contributed by atoms with Gasteiger partial charge in [0.2, 0.25) is 5.91 Å². The Kier molecular flexibility index (Phi) is 39.3. The normalized spacial score (nSPS) is 20.6. The van der Waals surface area contributed by atoms with Gasteiger partial charge in [-0.25, -0.2) is 0 Å². The number of nitrogens with one attached hydrogen (secondary N) is 1. The number of carbonyl (C=O) groups is 1. The Bertz CT molecular complexity index is 893. The molecule has 9 nitrogen and oxygen atoms in total. The lowest BCUT2D eigenvalue weighted by Crippen LogP contribution is -2.60. The Morgan fingerprint density at radius 2 is 0.847 bits per heavy atom.